The lowest BCUT2D eigenvalue weighted by atomic mass is 9.80. The molecule has 0 bridgehead atoms. The van der Waals surface area contributed by atoms with E-state index in [1.165, 1.54) is 25.7 Å². The number of nitrogens with one attached hydrogen (secondary N) is 1. The Hall–Kier alpha value is -0.540. The number of nitrogens with zero attached hydrogens (tertiary/aromatic N) is 2. The minimum atomic E-state index is 0.723. The zero-order valence-corrected chi connectivity index (χ0v) is 12.0. The molecule has 1 aliphatic rings. The molecule has 4 heteroatoms. The van der Waals surface area contributed by atoms with E-state index >= 15 is 0 Å². The molecule has 2 unspecified atom stereocenters. The van der Waals surface area contributed by atoms with Crippen LogP contribution < -0.4 is 5.32 Å². The molecular formula is C14H24ClN3. The van der Waals surface area contributed by atoms with Gasteiger partial charge in [-0.25, -0.2) is 4.98 Å². The second-order valence-corrected chi connectivity index (χ2v) is 5.68. The first-order valence-corrected chi connectivity index (χ1v) is 7.57. The Morgan fingerprint density at radius 2 is 2.17 bits per heavy atom. The fraction of sp³-hybridized carbons (Fsp3) is 0.786. The highest BCUT2D eigenvalue weighted by Gasteiger charge is 2.23. The number of aryl methyl sites for hydroxylation is 1. The largest absolute Gasteiger partial charge is 0.338 e. The SMILES string of the molecule is Cn1ccnc1CCNCC1CCCCC1CCl. The third-order valence-corrected chi connectivity index (χ3v) is 4.51. The third-order valence-electron chi connectivity index (χ3n) is 4.12. The van der Waals surface area contributed by atoms with E-state index in [-0.39, 0.29) is 0 Å². The Balaban J connectivity index is 1.67. The molecule has 18 heavy (non-hydrogen) atoms. The van der Waals surface area contributed by atoms with E-state index in [9.17, 15) is 0 Å². The number of rotatable bonds is 6. The molecule has 1 fully saturated rings. The summed E-state index contributed by atoms with van der Waals surface area (Å²) in [5.41, 5.74) is 0. The highest BCUT2D eigenvalue weighted by atomic mass is 35.5. The van der Waals surface area contributed by atoms with Gasteiger partial charge in [-0.1, -0.05) is 12.8 Å². The molecule has 1 aromatic heterocycles. The first-order valence-electron chi connectivity index (χ1n) is 7.04. The summed E-state index contributed by atoms with van der Waals surface area (Å²) < 4.78 is 2.09. The summed E-state index contributed by atoms with van der Waals surface area (Å²) in [6.07, 6.45) is 10.3. The van der Waals surface area contributed by atoms with Crippen LogP contribution in [0.1, 0.15) is 31.5 Å². The van der Waals surface area contributed by atoms with Crippen LogP contribution in [0.5, 0.6) is 0 Å². The van der Waals surface area contributed by atoms with Crippen LogP contribution in [0, 0.1) is 11.8 Å². The number of hydrogen-bond acceptors (Lipinski definition) is 2. The first kappa shape index (κ1) is 13.9. The van der Waals surface area contributed by atoms with Crippen LogP contribution in [0.3, 0.4) is 0 Å². The monoisotopic (exact) mass is 269 g/mol. The zero-order chi connectivity index (χ0) is 12.8. The van der Waals surface area contributed by atoms with Gasteiger partial charge in [-0.2, -0.15) is 0 Å². The Morgan fingerprint density at radius 3 is 2.83 bits per heavy atom. The molecule has 1 aliphatic carbocycles. The topological polar surface area (TPSA) is 29.9 Å². The van der Waals surface area contributed by atoms with Crippen LogP contribution in [-0.4, -0.2) is 28.5 Å². The van der Waals surface area contributed by atoms with Crippen molar-refractivity contribution < 1.29 is 0 Å². The van der Waals surface area contributed by atoms with Gasteiger partial charge in [0.2, 0.25) is 0 Å². The van der Waals surface area contributed by atoms with Gasteiger partial charge in [0.25, 0.3) is 0 Å². The molecule has 0 aliphatic heterocycles. The molecule has 0 saturated heterocycles. The van der Waals surface area contributed by atoms with Crippen LogP contribution in [0.15, 0.2) is 12.4 Å². The van der Waals surface area contributed by atoms with E-state index in [0.717, 1.165) is 43.1 Å². The number of imidazole rings is 1. The molecule has 2 atom stereocenters. The Bertz CT molecular complexity index is 351. The van der Waals surface area contributed by atoms with Gasteiger partial charge in [-0.15, -0.1) is 11.6 Å². The number of aromatic nitrogens is 2. The smallest absolute Gasteiger partial charge is 0.109 e. The van der Waals surface area contributed by atoms with Crippen molar-refractivity contribution in [1.29, 1.82) is 0 Å². The highest BCUT2D eigenvalue weighted by Crippen LogP contribution is 2.30. The molecule has 1 N–H and O–H groups in total. The van der Waals surface area contributed by atoms with Gasteiger partial charge in [0.1, 0.15) is 5.82 Å². The fourth-order valence-corrected chi connectivity index (χ4v) is 3.29. The van der Waals surface area contributed by atoms with Crippen LogP contribution in [-0.2, 0) is 13.5 Å². The van der Waals surface area contributed by atoms with E-state index in [0.29, 0.717) is 0 Å². The zero-order valence-electron chi connectivity index (χ0n) is 11.2. The maximum absolute atomic E-state index is 6.05. The van der Waals surface area contributed by atoms with Crippen LogP contribution in [0.2, 0.25) is 0 Å². The maximum Gasteiger partial charge on any atom is 0.109 e. The molecule has 0 radical (unpaired) electrons. The van der Waals surface area contributed by atoms with Crippen LogP contribution in [0.4, 0.5) is 0 Å². The van der Waals surface area contributed by atoms with Gasteiger partial charge in [0.15, 0.2) is 0 Å². The van der Waals surface area contributed by atoms with Gasteiger partial charge in [-0.3, -0.25) is 0 Å². The minimum Gasteiger partial charge on any atom is -0.338 e. The number of hydrogen-bond donors (Lipinski definition) is 1. The van der Waals surface area contributed by atoms with E-state index in [4.69, 9.17) is 11.6 Å². The standard InChI is InChI=1S/C14H24ClN3/c1-18-9-8-17-14(18)6-7-16-11-13-5-3-2-4-12(13)10-15/h8-9,12-13,16H,2-7,10-11H2,1H3. The average Bonchev–Trinajstić information content (AvgIpc) is 2.81. The summed E-state index contributed by atoms with van der Waals surface area (Å²) in [4.78, 5) is 4.33. The van der Waals surface area contributed by atoms with E-state index in [1.807, 2.05) is 19.4 Å². The summed E-state index contributed by atoms with van der Waals surface area (Å²) in [5.74, 6) is 3.48. The Labute approximate surface area is 115 Å². The molecule has 1 aromatic rings. The van der Waals surface area contributed by atoms with Crippen molar-refractivity contribution in [1.82, 2.24) is 14.9 Å². The lowest BCUT2D eigenvalue weighted by Crippen LogP contribution is -2.32. The number of alkyl halides is 1. The van der Waals surface area contributed by atoms with E-state index in [1.54, 1.807) is 0 Å². The lowest BCUT2D eigenvalue weighted by Gasteiger charge is -2.30. The molecule has 0 aromatic carbocycles. The van der Waals surface area contributed by atoms with Crippen molar-refractivity contribution in [3.05, 3.63) is 18.2 Å². The lowest BCUT2D eigenvalue weighted by molar-refractivity contribution is 0.251. The number of halogens is 1. The summed E-state index contributed by atoms with van der Waals surface area (Å²) >= 11 is 6.05. The average molecular weight is 270 g/mol. The molecule has 3 nitrogen and oxygen atoms in total. The quantitative estimate of drug-likeness (QED) is 0.636. The molecule has 1 saturated carbocycles. The van der Waals surface area contributed by atoms with Gasteiger partial charge >= 0.3 is 0 Å². The van der Waals surface area contributed by atoms with Crippen molar-refractivity contribution >= 4 is 11.6 Å². The molecule has 0 spiro atoms. The van der Waals surface area contributed by atoms with Crippen molar-refractivity contribution in [2.24, 2.45) is 18.9 Å². The predicted molar refractivity (Wildman–Crippen MR) is 75.9 cm³/mol. The van der Waals surface area contributed by atoms with Gasteiger partial charge in [0, 0.05) is 38.3 Å². The van der Waals surface area contributed by atoms with Crippen molar-refractivity contribution in [2.75, 3.05) is 19.0 Å². The summed E-state index contributed by atoms with van der Waals surface area (Å²) in [5, 5.41) is 3.57. The molecule has 2 rings (SSSR count). The molecule has 102 valence electrons. The minimum absolute atomic E-state index is 0.723. The summed E-state index contributed by atoms with van der Waals surface area (Å²) in [7, 11) is 2.05. The first-order chi connectivity index (χ1) is 8.81. The fourth-order valence-electron chi connectivity index (χ4n) is 2.88. The molecule has 0 amide bonds. The van der Waals surface area contributed by atoms with E-state index < -0.39 is 0 Å². The van der Waals surface area contributed by atoms with Crippen molar-refractivity contribution in [2.45, 2.75) is 32.1 Å². The maximum atomic E-state index is 6.05. The molecular weight excluding hydrogens is 246 g/mol. The van der Waals surface area contributed by atoms with Crippen LogP contribution in [0.25, 0.3) is 0 Å². The van der Waals surface area contributed by atoms with Crippen molar-refractivity contribution in [3.8, 4) is 0 Å². The molecule has 1 heterocycles. The Morgan fingerprint density at radius 1 is 1.39 bits per heavy atom. The van der Waals surface area contributed by atoms with Gasteiger partial charge in [-0.05, 0) is 31.2 Å². The van der Waals surface area contributed by atoms with Crippen LogP contribution >= 0.6 is 11.6 Å². The predicted octanol–water partition coefficient (Wildman–Crippen LogP) is 2.60. The van der Waals surface area contributed by atoms with Gasteiger partial charge in [0.05, 0.1) is 0 Å². The normalized spacial score (nSPS) is 24.3. The second-order valence-electron chi connectivity index (χ2n) is 5.37. The van der Waals surface area contributed by atoms with E-state index in [2.05, 4.69) is 14.9 Å². The summed E-state index contributed by atoms with van der Waals surface area (Å²) in [6.45, 7) is 2.12. The highest BCUT2D eigenvalue weighted by molar-refractivity contribution is 6.18. The van der Waals surface area contributed by atoms with Crippen molar-refractivity contribution in [3.63, 3.8) is 0 Å². The second kappa shape index (κ2) is 7.15. The summed E-state index contributed by atoms with van der Waals surface area (Å²) in [6, 6.07) is 0. The van der Waals surface area contributed by atoms with Gasteiger partial charge < -0.3 is 9.88 Å². The third kappa shape index (κ3) is 3.72. The Kier molecular flexibility index (Phi) is 5.51.